The number of benzene rings is 1. The van der Waals surface area contributed by atoms with Gasteiger partial charge in [-0.15, -0.1) is 10.2 Å². The Labute approximate surface area is 169 Å². The molecule has 0 N–H and O–H groups in total. The molecule has 0 aliphatic rings. The summed E-state index contributed by atoms with van der Waals surface area (Å²) in [5.41, 5.74) is 2.34. The first-order chi connectivity index (χ1) is 13.4. The zero-order valence-electron chi connectivity index (χ0n) is 16.6. The number of aromatic nitrogens is 3. The Morgan fingerprint density at radius 1 is 1.18 bits per heavy atom. The molecule has 2 heterocycles. The Morgan fingerprint density at radius 2 is 1.93 bits per heavy atom. The number of rotatable bonds is 7. The fourth-order valence-corrected chi connectivity index (χ4v) is 3.50. The number of nitrogens with zero attached hydrogens (tertiary/aromatic N) is 3. The van der Waals surface area contributed by atoms with E-state index >= 15 is 0 Å². The van der Waals surface area contributed by atoms with E-state index in [1.54, 1.807) is 6.26 Å². The molecule has 148 valence electrons. The van der Waals surface area contributed by atoms with Crippen LogP contribution in [0.4, 0.5) is 0 Å². The smallest absolute Gasteiger partial charge is 0.316 e. The summed E-state index contributed by atoms with van der Waals surface area (Å²) in [5, 5.41) is 9.02. The lowest BCUT2D eigenvalue weighted by molar-refractivity contribution is -0.141. The highest BCUT2D eigenvalue weighted by molar-refractivity contribution is 7.99. The maximum absolute atomic E-state index is 12.1. The van der Waals surface area contributed by atoms with Gasteiger partial charge < -0.3 is 9.15 Å². The first-order valence-corrected chi connectivity index (χ1v) is 10.2. The first-order valence-electron chi connectivity index (χ1n) is 9.23. The SMILES string of the molecule is CCn1c(SCC(=O)OCc2ccc(C(C)(C)C)cc2)nnc1-c1ccco1. The molecule has 0 aliphatic carbocycles. The topological polar surface area (TPSA) is 70.2 Å². The molecule has 28 heavy (non-hydrogen) atoms. The van der Waals surface area contributed by atoms with E-state index in [-0.39, 0.29) is 23.7 Å². The van der Waals surface area contributed by atoms with Crippen molar-refractivity contribution < 1.29 is 13.9 Å². The van der Waals surface area contributed by atoms with Crippen LogP contribution in [0.2, 0.25) is 0 Å². The molecular formula is C21H25N3O3S. The summed E-state index contributed by atoms with van der Waals surface area (Å²) in [4.78, 5) is 12.1. The number of furan rings is 1. The number of carbonyl (C=O) groups is 1. The van der Waals surface area contributed by atoms with Crippen molar-refractivity contribution in [2.75, 3.05) is 5.75 Å². The van der Waals surface area contributed by atoms with Gasteiger partial charge in [0, 0.05) is 6.54 Å². The van der Waals surface area contributed by atoms with E-state index in [0.29, 0.717) is 23.3 Å². The van der Waals surface area contributed by atoms with Gasteiger partial charge in [0.1, 0.15) is 6.61 Å². The van der Waals surface area contributed by atoms with Crippen LogP contribution in [0.3, 0.4) is 0 Å². The van der Waals surface area contributed by atoms with E-state index in [2.05, 4.69) is 43.1 Å². The second-order valence-electron chi connectivity index (χ2n) is 7.42. The Morgan fingerprint density at radius 3 is 2.54 bits per heavy atom. The van der Waals surface area contributed by atoms with Gasteiger partial charge in [-0.3, -0.25) is 9.36 Å². The van der Waals surface area contributed by atoms with Crippen LogP contribution >= 0.6 is 11.8 Å². The van der Waals surface area contributed by atoms with Crippen molar-refractivity contribution in [1.29, 1.82) is 0 Å². The molecular weight excluding hydrogens is 374 g/mol. The van der Waals surface area contributed by atoms with E-state index in [0.717, 1.165) is 5.56 Å². The molecule has 2 aromatic heterocycles. The lowest BCUT2D eigenvalue weighted by atomic mass is 9.87. The summed E-state index contributed by atoms with van der Waals surface area (Å²) in [6, 6.07) is 11.8. The number of ether oxygens (including phenoxy) is 1. The summed E-state index contributed by atoms with van der Waals surface area (Å²) < 4.78 is 12.7. The largest absolute Gasteiger partial charge is 0.461 e. The van der Waals surface area contributed by atoms with E-state index in [1.807, 2.05) is 35.8 Å². The fourth-order valence-electron chi connectivity index (χ4n) is 2.70. The lowest BCUT2D eigenvalue weighted by Gasteiger charge is -2.19. The summed E-state index contributed by atoms with van der Waals surface area (Å²) in [5.74, 6) is 1.20. The summed E-state index contributed by atoms with van der Waals surface area (Å²) in [7, 11) is 0. The second-order valence-corrected chi connectivity index (χ2v) is 8.37. The van der Waals surface area contributed by atoms with E-state index in [4.69, 9.17) is 9.15 Å². The van der Waals surface area contributed by atoms with Crippen molar-refractivity contribution in [3.05, 3.63) is 53.8 Å². The lowest BCUT2D eigenvalue weighted by Crippen LogP contribution is -2.11. The predicted molar refractivity (Wildman–Crippen MR) is 109 cm³/mol. The van der Waals surface area contributed by atoms with Crippen LogP contribution in [-0.4, -0.2) is 26.5 Å². The maximum Gasteiger partial charge on any atom is 0.316 e. The van der Waals surface area contributed by atoms with Gasteiger partial charge in [-0.2, -0.15) is 0 Å². The maximum atomic E-state index is 12.1. The molecule has 7 heteroatoms. The number of esters is 1. The van der Waals surface area contributed by atoms with Crippen LogP contribution in [0, 0.1) is 0 Å². The van der Waals surface area contributed by atoms with Crippen LogP contribution in [0.25, 0.3) is 11.6 Å². The third-order valence-corrected chi connectivity index (χ3v) is 5.25. The normalized spacial score (nSPS) is 11.6. The molecule has 0 radical (unpaired) electrons. The van der Waals surface area contributed by atoms with Gasteiger partial charge in [-0.25, -0.2) is 0 Å². The van der Waals surface area contributed by atoms with Crippen LogP contribution in [0.1, 0.15) is 38.8 Å². The van der Waals surface area contributed by atoms with Crippen molar-refractivity contribution in [2.24, 2.45) is 0 Å². The van der Waals surface area contributed by atoms with E-state index in [9.17, 15) is 4.79 Å². The highest BCUT2D eigenvalue weighted by Gasteiger charge is 2.17. The van der Waals surface area contributed by atoms with E-state index in [1.165, 1.54) is 17.3 Å². The van der Waals surface area contributed by atoms with Crippen molar-refractivity contribution in [3.63, 3.8) is 0 Å². The average molecular weight is 400 g/mol. The molecule has 0 aliphatic heterocycles. The molecule has 0 fully saturated rings. The quantitative estimate of drug-likeness (QED) is 0.424. The van der Waals surface area contributed by atoms with E-state index < -0.39 is 0 Å². The third-order valence-electron chi connectivity index (χ3n) is 4.31. The zero-order chi connectivity index (χ0) is 20.1. The molecule has 3 rings (SSSR count). The van der Waals surface area contributed by atoms with Crippen molar-refractivity contribution >= 4 is 17.7 Å². The van der Waals surface area contributed by atoms with Crippen LogP contribution in [0.15, 0.2) is 52.2 Å². The summed E-state index contributed by atoms with van der Waals surface area (Å²) in [6.07, 6.45) is 1.60. The number of hydrogen-bond donors (Lipinski definition) is 0. The third kappa shape index (κ3) is 4.84. The van der Waals surface area contributed by atoms with Crippen LogP contribution in [-0.2, 0) is 28.1 Å². The van der Waals surface area contributed by atoms with Gasteiger partial charge in [0.2, 0.25) is 0 Å². The molecule has 0 atom stereocenters. The Balaban J connectivity index is 1.54. The van der Waals surface area contributed by atoms with Crippen molar-refractivity contribution in [2.45, 2.75) is 51.4 Å². The predicted octanol–water partition coefficient (Wildman–Crippen LogP) is 4.69. The molecule has 0 unspecified atom stereocenters. The Bertz CT molecular complexity index is 910. The van der Waals surface area contributed by atoms with Gasteiger partial charge in [-0.1, -0.05) is 56.8 Å². The highest BCUT2D eigenvalue weighted by Crippen LogP contribution is 2.25. The van der Waals surface area contributed by atoms with Crippen LogP contribution in [0.5, 0.6) is 0 Å². The van der Waals surface area contributed by atoms with Gasteiger partial charge in [0.15, 0.2) is 16.7 Å². The molecule has 0 spiro atoms. The van der Waals surface area contributed by atoms with Gasteiger partial charge >= 0.3 is 5.97 Å². The highest BCUT2D eigenvalue weighted by atomic mass is 32.2. The number of carbonyl (C=O) groups excluding carboxylic acids is 1. The Hall–Kier alpha value is -2.54. The minimum absolute atomic E-state index is 0.107. The Kier molecular flexibility index (Phi) is 6.24. The molecule has 6 nitrogen and oxygen atoms in total. The summed E-state index contributed by atoms with van der Waals surface area (Å²) in [6.45, 7) is 9.46. The molecule has 0 bridgehead atoms. The minimum Gasteiger partial charge on any atom is -0.461 e. The number of hydrogen-bond acceptors (Lipinski definition) is 6. The van der Waals surface area contributed by atoms with Gasteiger partial charge in [0.25, 0.3) is 0 Å². The first kappa shape index (κ1) is 20.2. The molecule has 0 saturated carbocycles. The fraction of sp³-hybridized carbons (Fsp3) is 0.381. The van der Waals surface area contributed by atoms with Crippen molar-refractivity contribution in [1.82, 2.24) is 14.8 Å². The standard InChI is InChI=1S/C21H25N3O3S/c1-5-24-19(17-7-6-12-26-17)22-23-20(24)28-14-18(25)27-13-15-8-10-16(11-9-15)21(2,3)4/h6-12H,5,13-14H2,1-4H3. The zero-order valence-corrected chi connectivity index (χ0v) is 17.5. The molecule has 3 aromatic rings. The van der Waals surface area contributed by atoms with Gasteiger partial charge in [-0.05, 0) is 35.6 Å². The van der Waals surface area contributed by atoms with Crippen molar-refractivity contribution in [3.8, 4) is 11.6 Å². The molecule has 0 saturated heterocycles. The molecule has 1 aromatic carbocycles. The average Bonchev–Trinajstić information content (AvgIpc) is 3.33. The van der Waals surface area contributed by atoms with Crippen LogP contribution < -0.4 is 0 Å². The number of thioether (sulfide) groups is 1. The second kappa shape index (κ2) is 8.65. The molecule has 0 amide bonds. The van der Waals surface area contributed by atoms with Gasteiger partial charge in [0.05, 0.1) is 12.0 Å². The monoisotopic (exact) mass is 399 g/mol. The minimum atomic E-state index is -0.282. The summed E-state index contributed by atoms with van der Waals surface area (Å²) >= 11 is 1.31.